The molecule has 0 aromatic heterocycles. The van der Waals surface area contributed by atoms with Crippen LogP contribution in [0.15, 0.2) is 48.5 Å². The normalized spacial score (nSPS) is 10.5. The third-order valence-electron chi connectivity index (χ3n) is 3.67. The molecule has 0 spiro atoms. The summed E-state index contributed by atoms with van der Waals surface area (Å²) in [6.07, 6.45) is 0.750. The van der Waals surface area contributed by atoms with E-state index in [4.69, 9.17) is 4.74 Å². The number of carbonyl (C=O) groups excluding carboxylic acids is 2. The van der Waals surface area contributed by atoms with E-state index in [0.29, 0.717) is 30.3 Å². The average Bonchev–Trinajstić information content (AvgIpc) is 2.61. The largest absolute Gasteiger partial charge is 0.493 e. The zero-order chi connectivity index (χ0) is 18.9. The lowest BCUT2D eigenvalue weighted by atomic mass is 10.1. The Bertz CT molecular complexity index is 722. The second-order valence-electron chi connectivity index (χ2n) is 6.61. The van der Waals surface area contributed by atoms with Crippen molar-refractivity contribution in [1.82, 2.24) is 5.32 Å². The van der Waals surface area contributed by atoms with Crippen LogP contribution in [0.3, 0.4) is 0 Å². The highest BCUT2D eigenvalue weighted by atomic mass is 16.5. The Labute approximate surface area is 154 Å². The molecule has 0 atom stereocenters. The van der Waals surface area contributed by atoms with E-state index in [1.54, 1.807) is 24.3 Å². The molecular formula is C21H26N2O3. The van der Waals surface area contributed by atoms with E-state index in [9.17, 15) is 9.59 Å². The van der Waals surface area contributed by atoms with Gasteiger partial charge in [0.2, 0.25) is 5.91 Å². The number of rotatable bonds is 8. The lowest BCUT2D eigenvalue weighted by molar-refractivity contribution is -0.114. The van der Waals surface area contributed by atoms with Crippen molar-refractivity contribution in [2.45, 2.75) is 27.2 Å². The van der Waals surface area contributed by atoms with Crippen LogP contribution in [0.1, 0.15) is 36.7 Å². The highest BCUT2D eigenvalue weighted by molar-refractivity contribution is 5.95. The summed E-state index contributed by atoms with van der Waals surface area (Å²) in [7, 11) is 0. The van der Waals surface area contributed by atoms with Crippen LogP contribution in [0.2, 0.25) is 0 Å². The Morgan fingerprint density at radius 3 is 2.23 bits per heavy atom. The van der Waals surface area contributed by atoms with Gasteiger partial charge in [0.25, 0.3) is 5.91 Å². The smallest absolute Gasteiger partial charge is 0.251 e. The van der Waals surface area contributed by atoms with Gasteiger partial charge in [0.05, 0.1) is 6.61 Å². The molecule has 2 rings (SSSR count). The molecule has 5 nitrogen and oxygen atoms in total. The van der Waals surface area contributed by atoms with Gasteiger partial charge in [-0.05, 0) is 54.3 Å². The molecule has 0 aliphatic heterocycles. The predicted octanol–water partition coefficient (Wildman–Crippen LogP) is 3.65. The molecule has 0 unspecified atom stereocenters. The van der Waals surface area contributed by atoms with Crippen molar-refractivity contribution in [3.63, 3.8) is 0 Å². The number of amides is 2. The van der Waals surface area contributed by atoms with Gasteiger partial charge in [-0.3, -0.25) is 9.59 Å². The number of ether oxygens (including phenoxy) is 1. The van der Waals surface area contributed by atoms with E-state index < -0.39 is 0 Å². The lowest BCUT2D eigenvalue weighted by Crippen LogP contribution is -2.25. The van der Waals surface area contributed by atoms with Crippen molar-refractivity contribution < 1.29 is 14.3 Å². The molecule has 0 bridgehead atoms. The topological polar surface area (TPSA) is 67.4 Å². The van der Waals surface area contributed by atoms with E-state index in [2.05, 4.69) is 24.5 Å². The van der Waals surface area contributed by atoms with Gasteiger partial charge < -0.3 is 15.4 Å². The van der Waals surface area contributed by atoms with Crippen molar-refractivity contribution in [1.29, 1.82) is 0 Å². The first-order valence-electron chi connectivity index (χ1n) is 8.81. The van der Waals surface area contributed by atoms with Gasteiger partial charge in [-0.25, -0.2) is 0 Å². The summed E-state index contributed by atoms with van der Waals surface area (Å²) in [5.74, 6) is 1.10. The highest BCUT2D eigenvalue weighted by Crippen LogP contribution is 2.14. The summed E-state index contributed by atoms with van der Waals surface area (Å²) in [4.78, 5) is 23.2. The second-order valence-corrected chi connectivity index (χ2v) is 6.61. The van der Waals surface area contributed by atoms with E-state index in [0.717, 1.165) is 17.7 Å². The maximum Gasteiger partial charge on any atom is 0.251 e. The molecule has 0 saturated carbocycles. The van der Waals surface area contributed by atoms with E-state index in [1.807, 2.05) is 24.3 Å². The zero-order valence-corrected chi connectivity index (χ0v) is 15.5. The Balaban J connectivity index is 1.78. The fourth-order valence-corrected chi connectivity index (χ4v) is 2.35. The van der Waals surface area contributed by atoms with Gasteiger partial charge in [-0.1, -0.05) is 26.0 Å². The van der Waals surface area contributed by atoms with Gasteiger partial charge >= 0.3 is 0 Å². The standard InChI is InChI=1S/C21H26N2O3/c1-15(2)14-26-20-10-4-17(5-11-20)12-13-22-21(25)18-6-8-19(9-7-18)23-16(3)24/h4-11,15H,12-14H2,1-3H3,(H,22,25)(H,23,24). The second kappa shape index (κ2) is 9.61. The van der Waals surface area contributed by atoms with Gasteiger partial charge in [-0.15, -0.1) is 0 Å². The van der Waals surface area contributed by atoms with Gasteiger partial charge in [0, 0.05) is 24.7 Å². The predicted molar refractivity (Wildman–Crippen MR) is 104 cm³/mol. The van der Waals surface area contributed by atoms with Crippen molar-refractivity contribution in [3.8, 4) is 5.75 Å². The third-order valence-corrected chi connectivity index (χ3v) is 3.67. The van der Waals surface area contributed by atoms with Gasteiger partial charge in [0.1, 0.15) is 5.75 Å². The van der Waals surface area contributed by atoms with Crippen LogP contribution in [0.5, 0.6) is 5.75 Å². The molecule has 0 radical (unpaired) electrons. The first-order valence-corrected chi connectivity index (χ1v) is 8.81. The molecule has 0 heterocycles. The summed E-state index contributed by atoms with van der Waals surface area (Å²) in [5.41, 5.74) is 2.38. The minimum atomic E-state index is -0.136. The maximum absolute atomic E-state index is 12.2. The summed E-state index contributed by atoms with van der Waals surface area (Å²) < 4.78 is 5.66. The Kier molecular flexibility index (Phi) is 7.21. The molecule has 26 heavy (non-hydrogen) atoms. The molecule has 0 aliphatic carbocycles. The quantitative estimate of drug-likeness (QED) is 0.760. The molecule has 0 aliphatic rings. The fraction of sp³-hybridized carbons (Fsp3) is 0.333. The average molecular weight is 354 g/mol. The van der Waals surface area contributed by atoms with Crippen molar-refractivity contribution in [3.05, 3.63) is 59.7 Å². The number of carbonyl (C=O) groups is 2. The molecule has 2 N–H and O–H groups in total. The molecule has 5 heteroatoms. The number of anilines is 1. The Morgan fingerprint density at radius 2 is 1.65 bits per heavy atom. The van der Waals surface area contributed by atoms with Crippen LogP contribution in [0, 0.1) is 5.92 Å². The number of hydrogen-bond acceptors (Lipinski definition) is 3. The number of benzene rings is 2. The number of hydrogen-bond donors (Lipinski definition) is 2. The SMILES string of the molecule is CC(=O)Nc1ccc(C(=O)NCCc2ccc(OCC(C)C)cc2)cc1. The van der Waals surface area contributed by atoms with Crippen LogP contribution in [0.4, 0.5) is 5.69 Å². The first-order chi connectivity index (χ1) is 12.4. The summed E-state index contributed by atoms with van der Waals surface area (Å²) in [6, 6.07) is 14.8. The summed E-state index contributed by atoms with van der Waals surface area (Å²) in [6.45, 7) is 6.94. The molecule has 0 fully saturated rings. The van der Waals surface area contributed by atoms with Crippen molar-refractivity contribution >= 4 is 17.5 Å². The monoisotopic (exact) mass is 354 g/mol. The lowest BCUT2D eigenvalue weighted by Gasteiger charge is -2.10. The first kappa shape index (κ1) is 19.5. The minimum absolute atomic E-state index is 0.128. The maximum atomic E-state index is 12.2. The molecule has 0 saturated heterocycles. The van der Waals surface area contributed by atoms with E-state index >= 15 is 0 Å². The van der Waals surface area contributed by atoms with Gasteiger partial charge in [-0.2, -0.15) is 0 Å². The molecule has 2 aromatic rings. The van der Waals surface area contributed by atoms with E-state index in [1.165, 1.54) is 6.92 Å². The van der Waals surface area contributed by atoms with Crippen LogP contribution >= 0.6 is 0 Å². The molecular weight excluding hydrogens is 328 g/mol. The molecule has 2 amide bonds. The summed E-state index contributed by atoms with van der Waals surface area (Å²) in [5, 5.41) is 5.58. The fourth-order valence-electron chi connectivity index (χ4n) is 2.35. The van der Waals surface area contributed by atoms with Crippen LogP contribution in [-0.2, 0) is 11.2 Å². The molecule has 138 valence electrons. The van der Waals surface area contributed by atoms with E-state index in [-0.39, 0.29) is 11.8 Å². The number of nitrogens with one attached hydrogen (secondary N) is 2. The van der Waals surface area contributed by atoms with Gasteiger partial charge in [0.15, 0.2) is 0 Å². The minimum Gasteiger partial charge on any atom is -0.493 e. The molecule has 2 aromatic carbocycles. The van der Waals surface area contributed by atoms with Crippen molar-refractivity contribution in [2.24, 2.45) is 5.92 Å². The Hall–Kier alpha value is -2.82. The summed E-state index contributed by atoms with van der Waals surface area (Å²) >= 11 is 0. The zero-order valence-electron chi connectivity index (χ0n) is 15.5. The van der Waals surface area contributed by atoms with Crippen LogP contribution < -0.4 is 15.4 Å². The van der Waals surface area contributed by atoms with Crippen LogP contribution in [-0.4, -0.2) is 25.0 Å². The third kappa shape index (κ3) is 6.59. The van der Waals surface area contributed by atoms with Crippen LogP contribution in [0.25, 0.3) is 0 Å². The van der Waals surface area contributed by atoms with Crippen molar-refractivity contribution in [2.75, 3.05) is 18.5 Å². The Morgan fingerprint density at radius 1 is 1.00 bits per heavy atom. The highest BCUT2D eigenvalue weighted by Gasteiger charge is 2.05.